The van der Waals surface area contributed by atoms with Crippen LogP contribution < -0.4 is 10.1 Å². The van der Waals surface area contributed by atoms with E-state index in [1.54, 1.807) is 7.11 Å². The van der Waals surface area contributed by atoms with Crippen LogP contribution in [0.2, 0.25) is 0 Å². The lowest BCUT2D eigenvalue weighted by atomic mass is 9.73. The fourth-order valence-electron chi connectivity index (χ4n) is 4.49. The number of hydrogen-bond acceptors (Lipinski definition) is 3. The fourth-order valence-corrected chi connectivity index (χ4v) is 4.49. The van der Waals surface area contributed by atoms with Gasteiger partial charge in [-0.3, -0.25) is 4.79 Å². The number of fused-ring (bicyclic) bond motifs is 1. The molecule has 0 aromatic heterocycles. The third kappa shape index (κ3) is 3.46. The number of aryl methyl sites for hydroxylation is 1. The highest BCUT2D eigenvalue weighted by Gasteiger charge is 2.42. The third-order valence-electron chi connectivity index (χ3n) is 6.08. The van der Waals surface area contributed by atoms with E-state index in [0.29, 0.717) is 13.2 Å². The molecule has 2 aromatic rings. The topological polar surface area (TPSA) is 47.6 Å². The summed E-state index contributed by atoms with van der Waals surface area (Å²) in [6, 6.07) is 16.4. The van der Waals surface area contributed by atoms with E-state index in [9.17, 15) is 4.79 Å². The summed E-state index contributed by atoms with van der Waals surface area (Å²) in [5.74, 6) is 1.01. The summed E-state index contributed by atoms with van der Waals surface area (Å²) in [6.45, 7) is 1.25. The van der Waals surface area contributed by atoms with Gasteiger partial charge in [0, 0.05) is 13.2 Å². The van der Waals surface area contributed by atoms with Crippen molar-refractivity contribution in [3.63, 3.8) is 0 Å². The third-order valence-corrected chi connectivity index (χ3v) is 6.08. The number of methoxy groups -OCH3 is 1. The molecule has 1 saturated heterocycles. The van der Waals surface area contributed by atoms with Crippen LogP contribution in [0.1, 0.15) is 48.4 Å². The summed E-state index contributed by atoms with van der Waals surface area (Å²) >= 11 is 0. The van der Waals surface area contributed by atoms with Crippen molar-refractivity contribution < 1.29 is 14.3 Å². The average molecular weight is 365 g/mol. The number of rotatable bonds is 4. The molecule has 0 saturated carbocycles. The molecule has 142 valence electrons. The SMILES string of the molecule is COc1ccc2c(c1)CCC[C@H]2NC(=O)C1(c2ccccc2)CCOCC1. The summed E-state index contributed by atoms with van der Waals surface area (Å²) in [5, 5.41) is 3.39. The predicted molar refractivity (Wildman–Crippen MR) is 105 cm³/mol. The zero-order chi connectivity index (χ0) is 18.7. The maximum Gasteiger partial charge on any atom is 0.231 e. The van der Waals surface area contributed by atoms with Gasteiger partial charge in [-0.05, 0) is 60.9 Å². The number of hydrogen-bond donors (Lipinski definition) is 1. The van der Waals surface area contributed by atoms with E-state index < -0.39 is 5.41 Å². The van der Waals surface area contributed by atoms with Crippen LogP contribution in [-0.4, -0.2) is 26.2 Å². The Labute approximate surface area is 160 Å². The average Bonchev–Trinajstić information content (AvgIpc) is 2.74. The molecule has 4 rings (SSSR count). The van der Waals surface area contributed by atoms with E-state index in [1.165, 1.54) is 11.1 Å². The molecule has 1 N–H and O–H groups in total. The Kier molecular flexibility index (Phi) is 5.17. The van der Waals surface area contributed by atoms with Crippen molar-refractivity contribution in [1.29, 1.82) is 0 Å². The van der Waals surface area contributed by atoms with Gasteiger partial charge in [-0.15, -0.1) is 0 Å². The molecule has 4 heteroatoms. The quantitative estimate of drug-likeness (QED) is 0.893. The lowest BCUT2D eigenvalue weighted by Crippen LogP contribution is -2.49. The zero-order valence-electron chi connectivity index (χ0n) is 15.9. The summed E-state index contributed by atoms with van der Waals surface area (Å²) in [4.78, 5) is 13.5. The minimum Gasteiger partial charge on any atom is -0.497 e. The highest BCUT2D eigenvalue weighted by molar-refractivity contribution is 5.88. The number of carbonyl (C=O) groups is 1. The molecule has 0 radical (unpaired) electrons. The van der Waals surface area contributed by atoms with Gasteiger partial charge in [-0.2, -0.15) is 0 Å². The van der Waals surface area contributed by atoms with Crippen molar-refractivity contribution >= 4 is 5.91 Å². The van der Waals surface area contributed by atoms with Crippen LogP contribution in [0.4, 0.5) is 0 Å². The van der Waals surface area contributed by atoms with Crippen LogP contribution in [0, 0.1) is 0 Å². The molecule has 1 fully saturated rings. The largest absolute Gasteiger partial charge is 0.497 e. The summed E-state index contributed by atoms with van der Waals surface area (Å²) < 4.78 is 10.9. The second-order valence-corrected chi connectivity index (χ2v) is 7.54. The maximum atomic E-state index is 13.5. The Morgan fingerprint density at radius 3 is 2.67 bits per heavy atom. The zero-order valence-corrected chi connectivity index (χ0v) is 15.9. The molecule has 27 heavy (non-hydrogen) atoms. The van der Waals surface area contributed by atoms with Gasteiger partial charge < -0.3 is 14.8 Å². The summed E-state index contributed by atoms with van der Waals surface area (Å²) in [7, 11) is 1.69. The minimum absolute atomic E-state index is 0.0654. The Bertz CT molecular complexity index is 797. The molecule has 1 atom stereocenters. The van der Waals surface area contributed by atoms with Gasteiger partial charge in [0.15, 0.2) is 0 Å². The van der Waals surface area contributed by atoms with Crippen molar-refractivity contribution in [3.05, 3.63) is 65.2 Å². The van der Waals surface area contributed by atoms with Gasteiger partial charge in [-0.1, -0.05) is 36.4 Å². The van der Waals surface area contributed by atoms with E-state index in [-0.39, 0.29) is 11.9 Å². The molecule has 1 aliphatic carbocycles. The van der Waals surface area contributed by atoms with Gasteiger partial charge >= 0.3 is 0 Å². The molecule has 4 nitrogen and oxygen atoms in total. The molecule has 2 aromatic carbocycles. The van der Waals surface area contributed by atoms with Crippen LogP contribution in [-0.2, 0) is 21.4 Å². The van der Waals surface area contributed by atoms with Gasteiger partial charge in [0.2, 0.25) is 5.91 Å². The Morgan fingerprint density at radius 1 is 1.15 bits per heavy atom. The van der Waals surface area contributed by atoms with Crippen LogP contribution >= 0.6 is 0 Å². The van der Waals surface area contributed by atoms with Crippen molar-refractivity contribution in [3.8, 4) is 5.75 Å². The first-order valence-electron chi connectivity index (χ1n) is 9.84. The van der Waals surface area contributed by atoms with E-state index >= 15 is 0 Å². The van der Waals surface area contributed by atoms with Crippen molar-refractivity contribution in [1.82, 2.24) is 5.32 Å². The fraction of sp³-hybridized carbons (Fsp3) is 0.435. The van der Waals surface area contributed by atoms with E-state index in [2.05, 4.69) is 29.6 Å². The second kappa shape index (κ2) is 7.73. The first kappa shape index (κ1) is 18.1. The Morgan fingerprint density at radius 2 is 1.93 bits per heavy atom. The van der Waals surface area contributed by atoms with E-state index in [0.717, 1.165) is 43.4 Å². The molecule has 0 spiro atoms. The Balaban J connectivity index is 1.61. The summed E-state index contributed by atoms with van der Waals surface area (Å²) in [5.41, 5.74) is 3.11. The minimum atomic E-state index is -0.496. The van der Waals surface area contributed by atoms with Crippen LogP contribution in [0.15, 0.2) is 48.5 Å². The van der Waals surface area contributed by atoms with Crippen LogP contribution in [0.5, 0.6) is 5.75 Å². The van der Waals surface area contributed by atoms with Gasteiger partial charge in [0.1, 0.15) is 5.75 Å². The standard InChI is InChI=1S/C23H27NO3/c1-26-19-10-11-20-17(16-19)6-5-9-21(20)24-22(25)23(12-14-27-15-13-23)18-7-3-2-4-8-18/h2-4,7-8,10-11,16,21H,5-6,9,12-15H2,1H3,(H,24,25)/t21-/m1/s1. The highest BCUT2D eigenvalue weighted by Crippen LogP contribution is 2.38. The van der Waals surface area contributed by atoms with Crippen molar-refractivity contribution in [2.24, 2.45) is 0 Å². The molecule has 0 bridgehead atoms. The maximum absolute atomic E-state index is 13.5. The highest BCUT2D eigenvalue weighted by atomic mass is 16.5. The second-order valence-electron chi connectivity index (χ2n) is 7.54. The summed E-state index contributed by atoms with van der Waals surface area (Å²) in [6.07, 6.45) is 4.55. The molecule has 1 amide bonds. The van der Waals surface area contributed by atoms with Crippen molar-refractivity contribution in [2.45, 2.75) is 43.6 Å². The number of amides is 1. The number of benzene rings is 2. The molecule has 1 aliphatic heterocycles. The monoisotopic (exact) mass is 365 g/mol. The van der Waals surface area contributed by atoms with Crippen molar-refractivity contribution in [2.75, 3.05) is 20.3 Å². The number of carbonyl (C=O) groups excluding carboxylic acids is 1. The van der Waals surface area contributed by atoms with E-state index in [4.69, 9.17) is 9.47 Å². The molecule has 2 aliphatic rings. The predicted octanol–water partition coefficient (Wildman–Crippen LogP) is 3.94. The van der Waals surface area contributed by atoms with Gasteiger partial charge in [0.25, 0.3) is 0 Å². The lowest BCUT2D eigenvalue weighted by molar-refractivity contribution is -0.131. The molecular formula is C23H27NO3. The normalized spacial score (nSPS) is 21.1. The van der Waals surface area contributed by atoms with Gasteiger partial charge in [0.05, 0.1) is 18.6 Å². The molecule has 1 heterocycles. The first-order valence-corrected chi connectivity index (χ1v) is 9.84. The van der Waals surface area contributed by atoms with Gasteiger partial charge in [-0.25, -0.2) is 0 Å². The number of ether oxygens (including phenoxy) is 2. The molecule has 0 unspecified atom stereocenters. The number of nitrogens with one attached hydrogen (secondary N) is 1. The first-order chi connectivity index (χ1) is 13.2. The van der Waals surface area contributed by atoms with Crippen LogP contribution in [0.3, 0.4) is 0 Å². The molecular weight excluding hydrogens is 338 g/mol. The van der Waals surface area contributed by atoms with E-state index in [1.807, 2.05) is 24.3 Å². The van der Waals surface area contributed by atoms with Crippen LogP contribution in [0.25, 0.3) is 0 Å². The smallest absolute Gasteiger partial charge is 0.231 e. The lowest BCUT2D eigenvalue weighted by Gasteiger charge is -2.38. The Hall–Kier alpha value is -2.33.